The number of imidazole rings is 1. The van der Waals surface area contributed by atoms with Crippen LogP contribution < -0.4 is 5.32 Å². The van der Waals surface area contributed by atoms with Crippen molar-refractivity contribution >= 4 is 11.2 Å². The molecule has 0 bridgehead atoms. The van der Waals surface area contributed by atoms with Crippen LogP contribution in [-0.4, -0.2) is 27.1 Å². The summed E-state index contributed by atoms with van der Waals surface area (Å²) in [6.07, 6.45) is 1.06. The van der Waals surface area contributed by atoms with E-state index in [1.54, 1.807) is 19.2 Å². The molecule has 2 aromatic rings. The smallest absolute Gasteiger partial charge is 0.314 e. The fraction of sp³-hybridized carbons (Fsp3) is 0.600. The van der Waals surface area contributed by atoms with Crippen LogP contribution in [-0.2, 0) is 12.7 Å². The number of alkyl halides is 3. The second-order valence-corrected chi connectivity index (χ2v) is 5.88. The van der Waals surface area contributed by atoms with Gasteiger partial charge in [-0.3, -0.25) is 0 Å². The monoisotopic (exact) mass is 312 g/mol. The van der Waals surface area contributed by atoms with Crippen LogP contribution in [0.15, 0.2) is 12.3 Å². The van der Waals surface area contributed by atoms with E-state index in [9.17, 15) is 13.2 Å². The van der Waals surface area contributed by atoms with Gasteiger partial charge in [0.25, 0.3) is 0 Å². The summed E-state index contributed by atoms with van der Waals surface area (Å²) in [7, 11) is 0. The SMILES string of the molecule is Cc1cnc2c(c1)nc(C(F)(F)F)n2CCC1CCCCN1. The predicted octanol–water partition coefficient (Wildman–Crippen LogP) is 3.29. The van der Waals surface area contributed by atoms with Crippen molar-refractivity contribution in [2.24, 2.45) is 0 Å². The lowest BCUT2D eigenvalue weighted by molar-refractivity contribution is -0.147. The van der Waals surface area contributed by atoms with E-state index in [1.165, 1.54) is 4.57 Å². The van der Waals surface area contributed by atoms with Gasteiger partial charge in [0, 0.05) is 18.8 Å². The van der Waals surface area contributed by atoms with Crippen molar-refractivity contribution in [3.8, 4) is 0 Å². The van der Waals surface area contributed by atoms with Crippen LogP contribution in [0, 0.1) is 6.92 Å². The van der Waals surface area contributed by atoms with Crippen LogP contribution in [0.1, 0.15) is 37.1 Å². The quantitative estimate of drug-likeness (QED) is 0.945. The summed E-state index contributed by atoms with van der Waals surface area (Å²) in [5, 5.41) is 3.36. The molecular formula is C15H19F3N4. The van der Waals surface area contributed by atoms with Gasteiger partial charge in [-0.25, -0.2) is 9.97 Å². The van der Waals surface area contributed by atoms with Gasteiger partial charge in [-0.1, -0.05) is 6.42 Å². The second-order valence-electron chi connectivity index (χ2n) is 5.88. The molecule has 0 aromatic carbocycles. The third kappa shape index (κ3) is 3.09. The molecule has 0 amide bonds. The third-order valence-corrected chi connectivity index (χ3v) is 4.09. The Kier molecular flexibility index (Phi) is 4.08. The van der Waals surface area contributed by atoms with Crippen LogP contribution in [0.2, 0.25) is 0 Å². The van der Waals surface area contributed by atoms with Crippen molar-refractivity contribution < 1.29 is 13.2 Å². The zero-order valence-corrected chi connectivity index (χ0v) is 12.5. The first kappa shape index (κ1) is 15.3. The fourth-order valence-corrected chi connectivity index (χ4v) is 3.00. The summed E-state index contributed by atoms with van der Waals surface area (Å²) in [4.78, 5) is 7.92. The Bertz CT molecular complexity index is 657. The number of hydrogen-bond donors (Lipinski definition) is 1. The number of nitrogens with one attached hydrogen (secondary N) is 1. The summed E-state index contributed by atoms with van der Waals surface area (Å²) in [5.41, 5.74) is 1.43. The molecule has 22 heavy (non-hydrogen) atoms. The topological polar surface area (TPSA) is 42.7 Å². The normalized spacial score (nSPS) is 19.7. The first-order valence-corrected chi connectivity index (χ1v) is 7.58. The van der Waals surface area contributed by atoms with Crippen molar-refractivity contribution in [1.82, 2.24) is 19.9 Å². The Morgan fingerprint density at radius 2 is 2.18 bits per heavy atom. The molecule has 0 saturated carbocycles. The second kappa shape index (κ2) is 5.87. The van der Waals surface area contributed by atoms with Gasteiger partial charge in [-0.15, -0.1) is 0 Å². The van der Waals surface area contributed by atoms with Gasteiger partial charge in [0.15, 0.2) is 5.65 Å². The van der Waals surface area contributed by atoms with Crippen molar-refractivity contribution in [3.05, 3.63) is 23.7 Å². The summed E-state index contributed by atoms with van der Waals surface area (Å²) in [6.45, 7) is 3.02. The molecule has 120 valence electrons. The molecule has 4 nitrogen and oxygen atoms in total. The molecule has 1 saturated heterocycles. The zero-order valence-electron chi connectivity index (χ0n) is 12.5. The minimum Gasteiger partial charge on any atom is -0.314 e. The first-order valence-electron chi connectivity index (χ1n) is 7.58. The Hall–Kier alpha value is -1.63. The van der Waals surface area contributed by atoms with Crippen LogP contribution in [0.25, 0.3) is 11.2 Å². The van der Waals surface area contributed by atoms with Crippen molar-refractivity contribution in [2.75, 3.05) is 6.54 Å². The molecule has 3 heterocycles. The zero-order chi connectivity index (χ0) is 15.7. The van der Waals surface area contributed by atoms with Gasteiger partial charge in [0.2, 0.25) is 5.82 Å². The summed E-state index contributed by atoms with van der Waals surface area (Å²) in [5.74, 6) is -0.851. The standard InChI is InChI=1S/C15H19F3N4/c1-10-8-12-13(20-9-10)22(14(21-12)15(16,17)18)7-5-11-4-2-3-6-19-11/h8-9,11,19H,2-7H2,1H3. The van der Waals surface area contributed by atoms with E-state index in [0.717, 1.165) is 31.4 Å². The minimum absolute atomic E-state index is 0.276. The lowest BCUT2D eigenvalue weighted by Crippen LogP contribution is -2.35. The summed E-state index contributed by atoms with van der Waals surface area (Å²) >= 11 is 0. The first-order chi connectivity index (χ1) is 10.4. The van der Waals surface area contributed by atoms with Gasteiger partial charge in [-0.05, 0) is 44.4 Å². The number of rotatable bonds is 3. The Labute approximate surface area is 126 Å². The lowest BCUT2D eigenvalue weighted by atomic mass is 10.0. The van der Waals surface area contributed by atoms with Crippen molar-refractivity contribution in [3.63, 3.8) is 0 Å². The highest BCUT2D eigenvalue weighted by Crippen LogP contribution is 2.31. The number of halogens is 3. The average molecular weight is 312 g/mol. The van der Waals surface area contributed by atoms with E-state index >= 15 is 0 Å². The molecule has 1 fully saturated rings. The van der Waals surface area contributed by atoms with Gasteiger partial charge >= 0.3 is 6.18 Å². The highest BCUT2D eigenvalue weighted by atomic mass is 19.4. The number of nitrogens with zero attached hydrogens (tertiary/aromatic N) is 3. The number of aryl methyl sites for hydroxylation is 2. The lowest BCUT2D eigenvalue weighted by Gasteiger charge is -2.24. The highest BCUT2D eigenvalue weighted by Gasteiger charge is 2.38. The maximum atomic E-state index is 13.2. The number of fused-ring (bicyclic) bond motifs is 1. The molecule has 0 radical (unpaired) electrons. The third-order valence-electron chi connectivity index (χ3n) is 4.09. The molecule has 0 spiro atoms. The van der Waals surface area contributed by atoms with Crippen molar-refractivity contribution in [2.45, 2.75) is 51.4 Å². The molecular weight excluding hydrogens is 293 g/mol. The van der Waals surface area contributed by atoms with Crippen LogP contribution in [0.3, 0.4) is 0 Å². The maximum absolute atomic E-state index is 13.2. The molecule has 1 N–H and O–H groups in total. The highest BCUT2D eigenvalue weighted by molar-refractivity contribution is 5.72. The molecule has 1 aliphatic heterocycles. The maximum Gasteiger partial charge on any atom is 0.449 e. The minimum atomic E-state index is -4.46. The molecule has 7 heteroatoms. The van der Waals surface area contributed by atoms with E-state index in [2.05, 4.69) is 15.3 Å². The number of pyridine rings is 1. The molecule has 1 atom stereocenters. The van der Waals surface area contributed by atoms with E-state index in [-0.39, 0.29) is 12.6 Å². The van der Waals surface area contributed by atoms with Gasteiger partial charge in [-0.2, -0.15) is 13.2 Å². The average Bonchev–Trinajstić information content (AvgIpc) is 2.84. The Morgan fingerprint density at radius 3 is 2.86 bits per heavy atom. The van der Waals surface area contributed by atoms with Crippen molar-refractivity contribution in [1.29, 1.82) is 0 Å². The van der Waals surface area contributed by atoms with Gasteiger partial charge < -0.3 is 9.88 Å². The molecule has 1 aliphatic rings. The van der Waals surface area contributed by atoms with Gasteiger partial charge in [0.1, 0.15) is 5.52 Å². The van der Waals surface area contributed by atoms with Gasteiger partial charge in [0.05, 0.1) is 0 Å². The fourth-order valence-electron chi connectivity index (χ4n) is 3.00. The Morgan fingerprint density at radius 1 is 1.36 bits per heavy atom. The van der Waals surface area contributed by atoms with E-state index in [4.69, 9.17) is 0 Å². The number of aromatic nitrogens is 3. The summed E-state index contributed by atoms with van der Waals surface area (Å²) < 4.78 is 40.9. The Balaban J connectivity index is 1.91. The molecule has 2 aromatic heterocycles. The molecule has 0 aliphatic carbocycles. The van der Waals surface area contributed by atoms with E-state index in [0.29, 0.717) is 17.6 Å². The molecule has 1 unspecified atom stereocenters. The largest absolute Gasteiger partial charge is 0.449 e. The molecule has 3 rings (SSSR count). The predicted molar refractivity (Wildman–Crippen MR) is 77.5 cm³/mol. The van der Waals surface area contributed by atoms with E-state index in [1.807, 2.05) is 0 Å². The van der Waals surface area contributed by atoms with E-state index < -0.39 is 12.0 Å². The number of hydrogen-bond acceptors (Lipinski definition) is 3. The van der Waals surface area contributed by atoms with Crippen LogP contribution in [0.5, 0.6) is 0 Å². The van der Waals surface area contributed by atoms with Crippen LogP contribution >= 0.6 is 0 Å². The van der Waals surface area contributed by atoms with Crippen LogP contribution in [0.4, 0.5) is 13.2 Å². The summed E-state index contributed by atoms with van der Waals surface area (Å²) in [6, 6.07) is 1.92. The number of piperidine rings is 1.